The molecule has 0 saturated carbocycles. The van der Waals surface area contributed by atoms with Crippen molar-refractivity contribution in [3.63, 3.8) is 0 Å². The number of nitriles is 1. The number of hydrogen-bond acceptors (Lipinski definition) is 3. The van der Waals surface area contributed by atoms with Crippen LogP contribution in [-0.4, -0.2) is 11.7 Å². The number of benzene rings is 1. The number of hydrogen-bond donors (Lipinski definition) is 1. The Hall–Kier alpha value is -1.53. The minimum Gasteiger partial charge on any atom is -0.493 e. The molecule has 1 atom stereocenters. The van der Waals surface area contributed by atoms with Crippen LogP contribution in [0.15, 0.2) is 18.2 Å². The predicted octanol–water partition coefficient (Wildman–Crippen LogP) is 2.98. The van der Waals surface area contributed by atoms with E-state index in [2.05, 4.69) is 6.07 Å². The minimum absolute atomic E-state index is 0.348. The second-order valence-electron chi connectivity index (χ2n) is 5.47. The average molecular weight is 245 g/mol. The van der Waals surface area contributed by atoms with E-state index in [9.17, 15) is 5.11 Å². The van der Waals surface area contributed by atoms with Gasteiger partial charge in [-0.2, -0.15) is 5.26 Å². The fourth-order valence-corrected chi connectivity index (χ4v) is 2.21. The molecule has 1 aromatic carbocycles. The maximum absolute atomic E-state index is 9.80. The quantitative estimate of drug-likeness (QED) is 0.887. The van der Waals surface area contributed by atoms with Crippen LogP contribution in [0, 0.1) is 16.7 Å². The summed E-state index contributed by atoms with van der Waals surface area (Å²) in [5, 5.41) is 18.7. The van der Waals surface area contributed by atoms with Crippen LogP contribution in [-0.2, 0) is 6.42 Å². The molecule has 1 aliphatic rings. The molecule has 0 aromatic heterocycles. The van der Waals surface area contributed by atoms with E-state index in [1.54, 1.807) is 0 Å². The monoisotopic (exact) mass is 245 g/mol. The van der Waals surface area contributed by atoms with Crippen molar-refractivity contribution in [3.8, 4) is 11.8 Å². The topological polar surface area (TPSA) is 53.2 Å². The smallest absolute Gasteiger partial charge is 0.122 e. The lowest BCUT2D eigenvalue weighted by molar-refractivity contribution is 0.180. The Bertz CT molecular complexity index is 474. The Labute approximate surface area is 108 Å². The number of fused-ring (bicyclic) bond motifs is 1. The Morgan fingerprint density at radius 2 is 2.28 bits per heavy atom. The summed E-state index contributed by atoms with van der Waals surface area (Å²) in [6, 6.07) is 8.08. The van der Waals surface area contributed by atoms with Gasteiger partial charge in [-0.1, -0.05) is 12.1 Å². The zero-order valence-electron chi connectivity index (χ0n) is 10.9. The number of rotatable bonds is 4. The highest BCUT2D eigenvalue weighted by molar-refractivity contribution is 5.44. The van der Waals surface area contributed by atoms with E-state index in [1.165, 1.54) is 0 Å². The molecule has 2 rings (SSSR count). The number of nitrogens with zero attached hydrogens (tertiary/aromatic N) is 1. The van der Waals surface area contributed by atoms with Crippen molar-refractivity contribution in [2.75, 3.05) is 6.61 Å². The first-order valence-corrected chi connectivity index (χ1v) is 6.37. The van der Waals surface area contributed by atoms with Crippen molar-refractivity contribution in [3.05, 3.63) is 29.3 Å². The number of aliphatic hydroxyl groups is 1. The molecule has 0 amide bonds. The van der Waals surface area contributed by atoms with Gasteiger partial charge in [0.2, 0.25) is 0 Å². The van der Waals surface area contributed by atoms with Crippen molar-refractivity contribution in [1.29, 1.82) is 5.26 Å². The summed E-state index contributed by atoms with van der Waals surface area (Å²) in [6.45, 7) is 4.36. The first-order chi connectivity index (χ1) is 8.53. The van der Waals surface area contributed by atoms with Crippen LogP contribution in [0.4, 0.5) is 0 Å². The van der Waals surface area contributed by atoms with Gasteiger partial charge in [0.1, 0.15) is 5.75 Å². The van der Waals surface area contributed by atoms with Gasteiger partial charge in [-0.15, -0.1) is 0 Å². The largest absolute Gasteiger partial charge is 0.493 e. The highest BCUT2D eigenvalue weighted by atomic mass is 16.5. The van der Waals surface area contributed by atoms with Gasteiger partial charge >= 0.3 is 0 Å². The van der Waals surface area contributed by atoms with Gasteiger partial charge in [0.15, 0.2) is 0 Å². The van der Waals surface area contributed by atoms with Gasteiger partial charge in [-0.3, -0.25) is 0 Å². The number of ether oxygens (including phenoxy) is 1. The van der Waals surface area contributed by atoms with E-state index < -0.39 is 0 Å². The molecule has 18 heavy (non-hydrogen) atoms. The first-order valence-electron chi connectivity index (χ1n) is 6.37. The summed E-state index contributed by atoms with van der Waals surface area (Å²) in [6.07, 6.45) is 2.00. The summed E-state index contributed by atoms with van der Waals surface area (Å²) < 4.78 is 5.77. The molecule has 3 nitrogen and oxygen atoms in total. The van der Waals surface area contributed by atoms with Crippen LogP contribution in [0.3, 0.4) is 0 Å². The molecule has 0 spiro atoms. The molecule has 1 aliphatic carbocycles. The predicted molar refractivity (Wildman–Crippen MR) is 69.2 cm³/mol. The normalized spacial score (nSPS) is 18.2. The summed E-state index contributed by atoms with van der Waals surface area (Å²) >= 11 is 0. The maximum atomic E-state index is 9.80. The molecular formula is C15H19NO2. The molecule has 1 unspecified atom stereocenters. The maximum Gasteiger partial charge on any atom is 0.122 e. The Morgan fingerprint density at radius 1 is 1.50 bits per heavy atom. The van der Waals surface area contributed by atoms with Crippen molar-refractivity contribution < 1.29 is 9.84 Å². The molecule has 0 fully saturated rings. The fraction of sp³-hybridized carbons (Fsp3) is 0.533. The van der Waals surface area contributed by atoms with Gasteiger partial charge < -0.3 is 9.84 Å². The first kappa shape index (κ1) is 12.9. The Morgan fingerprint density at radius 3 is 3.00 bits per heavy atom. The van der Waals surface area contributed by atoms with Crippen LogP contribution < -0.4 is 4.74 Å². The third kappa shape index (κ3) is 2.65. The van der Waals surface area contributed by atoms with Crippen molar-refractivity contribution in [1.82, 2.24) is 0 Å². The van der Waals surface area contributed by atoms with Crippen LogP contribution in [0.2, 0.25) is 0 Å². The Kier molecular flexibility index (Phi) is 3.58. The standard InChI is InChI=1S/C15H19NO2/c1-15(2,10-16)8-9-18-14-5-3-4-11-12(14)6-7-13(11)17/h3-5,13,17H,6-9H2,1-2H3. The SMILES string of the molecule is CC(C)(C#N)CCOc1cccc2c1CCC2O. The summed E-state index contributed by atoms with van der Waals surface area (Å²) in [4.78, 5) is 0. The van der Waals surface area contributed by atoms with E-state index in [4.69, 9.17) is 10.00 Å². The molecule has 3 heteroatoms. The van der Waals surface area contributed by atoms with Crippen molar-refractivity contribution in [2.24, 2.45) is 5.41 Å². The third-order valence-corrected chi connectivity index (χ3v) is 3.48. The van der Waals surface area contributed by atoms with Gasteiger partial charge in [0, 0.05) is 5.56 Å². The van der Waals surface area contributed by atoms with E-state index in [0.717, 1.165) is 29.7 Å². The molecule has 0 heterocycles. The summed E-state index contributed by atoms with van der Waals surface area (Å²) in [5.41, 5.74) is 1.77. The average Bonchev–Trinajstić information content (AvgIpc) is 2.72. The van der Waals surface area contributed by atoms with Gasteiger partial charge in [0.05, 0.1) is 24.2 Å². The van der Waals surface area contributed by atoms with E-state index >= 15 is 0 Å². The third-order valence-electron chi connectivity index (χ3n) is 3.48. The molecule has 0 radical (unpaired) electrons. The van der Waals surface area contributed by atoms with E-state index in [-0.39, 0.29) is 11.5 Å². The number of aliphatic hydroxyl groups excluding tert-OH is 1. The lowest BCUT2D eigenvalue weighted by Gasteiger charge is -2.16. The van der Waals surface area contributed by atoms with Gasteiger partial charge in [-0.05, 0) is 44.7 Å². The lowest BCUT2D eigenvalue weighted by atomic mass is 9.92. The van der Waals surface area contributed by atoms with Crippen LogP contribution in [0.25, 0.3) is 0 Å². The van der Waals surface area contributed by atoms with E-state index in [0.29, 0.717) is 13.0 Å². The second-order valence-corrected chi connectivity index (χ2v) is 5.47. The summed E-state index contributed by atoms with van der Waals surface area (Å²) in [7, 11) is 0. The van der Waals surface area contributed by atoms with Crippen molar-refractivity contribution >= 4 is 0 Å². The highest BCUT2D eigenvalue weighted by Gasteiger charge is 2.23. The molecule has 0 aliphatic heterocycles. The molecule has 0 saturated heterocycles. The molecular weight excluding hydrogens is 226 g/mol. The fourth-order valence-electron chi connectivity index (χ4n) is 2.21. The zero-order valence-corrected chi connectivity index (χ0v) is 10.9. The van der Waals surface area contributed by atoms with Gasteiger partial charge in [0.25, 0.3) is 0 Å². The highest BCUT2D eigenvalue weighted by Crippen LogP contribution is 2.36. The minimum atomic E-state index is -0.350. The van der Waals surface area contributed by atoms with Crippen LogP contribution in [0.5, 0.6) is 5.75 Å². The molecule has 1 aromatic rings. The molecule has 96 valence electrons. The summed E-state index contributed by atoms with van der Waals surface area (Å²) in [5.74, 6) is 0.859. The Balaban J connectivity index is 2.02. The second kappa shape index (κ2) is 4.99. The van der Waals surface area contributed by atoms with Crippen LogP contribution >= 0.6 is 0 Å². The van der Waals surface area contributed by atoms with Gasteiger partial charge in [-0.25, -0.2) is 0 Å². The molecule has 1 N–H and O–H groups in total. The zero-order chi connectivity index (χ0) is 13.2. The lowest BCUT2D eigenvalue weighted by Crippen LogP contribution is -2.13. The molecule has 0 bridgehead atoms. The van der Waals surface area contributed by atoms with Crippen LogP contribution in [0.1, 0.15) is 43.9 Å². The van der Waals surface area contributed by atoms with E-state index in [1.807, 2.05) is 32.0 Å². The van der Waals surface area contributed by atoms with Crippen molar-refractivity contribution in [2.45, 2.75) is 39.2 Å².